The maximum Gasteiger partial charge on any atom is 0.227 e. The first kappa shape index (κ1) is 10.9. The fraction of sp³-hybridized carbons (Fsp3) is 0.417. The fourth-order valence-electron chi connectivity index (χ4n) is 2.04. The summed E-state index contributed by atoms with van der Waals surface area (Å²) in [6.45, 7) is 0. The van der Waals surface area contributed by atoms with Gasteiger partial charge in [-0.25, -0.2) is 4.39 Å². The van der Waals surface area contributed by atoms with Crippen LogP contribution >= 0.6 is 0 Å². The summed E-state index contributed by atoms with van der Waals surface area (Å²) in [6, 6.07) is 4.33. The Bertz CT molecular complexity index is 400. The van der Waals surface area contributed by atoms with Crippen LogP contribution in [0.1, 0.15) is 25.7 Å². The van der Waals surface area contributed by atoms with Gasteiger partial charge in [0, 0.05) is 11.6 Å². The van der Waals surface area contributed by atoms with Gasteiger partial charge in [-0.1, -0.05) is 12.8 Å². The average molecular weight is 222 g/mol. The Balaban J connectivity index is 2.02. The summed E-state index contributed by atoms with van der Waals surface area (Å²) < 4.78 is 13.1. The van der Waals surface area contributed by atoms with E-state index in [1.54, 1.807) is 6.07 Å². The summed E-state index contributed by atoms with van der Waals surface area (Å²) in [5.41, 5.74) is 5.93. The standard InChI is InChI=1S/C12H15FN2O/c13-10-7-9(5-6-11(10)14)15-12(16)8-3-1-2-4-8/h5-8H,1-4,14H2,(H,15,16). The lowest BCUT2D eigenvalue weighted by Crippen LogP contribution is -2.20. The zero-order valence-electron chi connectivity index (χ0n) is 9.00. The van der Waals surface area contributed by atoms with E-state index >= 15 is 0 Å². The molecule has 0 spiro atoms. The molecule has 4 heteroatoms. The number of nitrogens with two attached hydrogens (primary N) is 1. The van der Waals surface area contributed by atoms with Gasteiger partial charge in [0.25, 0.3) is 0 Å². The molecule has 1 aliphatic carbocycles. The third-order valence-corrected chi connectivity index (χ3v) is 2.99. The van der Waals surface area contributed by atoms with Gasteiger partial charge in [-0.3, -0.25) is 4.79 Å². The van der Waals surface area contributed by atoms with Gasteiger partial charge in [-0.05, 0) is 31.0 Å². The first-order valence-corrected chi connectivity index (χ1v) is 5.52. The zero-order chi connectivity index (χ0) is 11.5. The highest BCUT2D eigenvalue weighted by Gasteiger charge is 2.22. The van der Waals surface area contributed by atoms with Gasteiger partial charge in [0.05, 0.1) is 5.69 Å². The molecular formula is C12H15FN2O. The van der Waals surface area contributed by atoms with Crippen LogP contribution in [0.5, 0.6) is 0 Å². The summed E-state index contributed by atoms with van der Waals surface area (Å²) in [5, 5.41) is 2.72. The Labute approximate surface area is 93.8 Å². The molecule has 0 radical (unpaired) electrons. The normalized spacial score (nSPS) is 16.3. The number of hydrogen-bond acceptors (Lipinski definition) is 2. The van der Waals surface area contributed by atoms with Gasteiger partial charge in [0.15, 0.2) is 0 Å². The minimum atomic E-state index is -0.496. The highest BCUT2D eigenvalue weighted by molar-refractivity contribution is 5.92. The summed E-state index contributed by atoms with van der Waals surface area (Å²) in [6.07, 6.45) is 4.08. The van der Waals surface area contributed by atoms with Crippen molar-refractivity contribution in [3.63, 3.8) is 0 Å². The summed E-state index contributed by atoms with van der Waals surface area (Å²) in [4.78, 5) is 11.7. The number of nitrogens with one attached hydrogen (secondary N) is 1. The van der Waals surface area contributed by atoms with Gasteiger partial charge < -0.3 is 11.1 Å². The van der Waals surface area contributed by atoms with E-state index in [0.29, 0.717) is 5.69 Å². The molecule has 0 bridgehead atoms. The molecule has 0 aromatic heterocycles. The maximum atomic E-state index is 13.1. The van der Waals surface area contributed by atoms with Crippen LogP contribution in [-0.4, -0.2) is 5.91 Å². The highest BCUT2D eigenvalue weighted by atomic mass is 19.1. The lowest BCUT2D eigenvalue weighted by Gasteiger charge is -2.10. The third-order valence-electron chi connectivity index (χ3n) is 2.99. The van der Waals surface area contributed by atoms with E-state index in [-0.39, 0.29) is 17.5 Å². The minimum Gasteiger partial charge on any atom is -0.396 e. The number of carbonyl (C=O) groups excluding carboxylic acids is 1. The molecule has 1 aromatic rings. The Morgan fingerprint density at radius 1 is 1.38 bits per heavy atom. The molecule has 0 atom stereocenters. The first-order chi connectivity index (χ1) is 7.66. The molecule has 1 amide bonds. The summed E-state index contributed by atoms with van der Waals surface area (Å²) in [5.74, 6) is -0.425. The molecule has 2 rings (SSSR count). The number of rotatable bonds is 2. The van der Waals surface area contributed by atoms with E-state index in [9.17, 15) is 9.18 Å². The number of halogens is 1. The Morgan fingerprint density at radius 3 is 2.69 bits per heavy atom. The van der Waals surface area contributed by atoms with Crippen molar-refractivity contribution in [3.8, 4) is 0 Å². The molecule has 3 N–H and O–H groups in total. The first-order valence-electron chi connectivity index (χ1n) is 5.52. The van der Waals surface area contributed by atoms with Crippen LogP contribution in [-0.2, 0) is 4.79 Å². The van der Waals surface area contributed by atoms with E-state index < -0.39 is 5.82 Å². The maximum absolute atomic E-state index is 13.1. The quantitative estimate of drug-likeness (QED) is 0.755. The van der Waals surface area contributed by atoms with Crippen LogP contribution in [0.3, 0.4) is 0 Å². The number of benzene rings is 1. The van der Waals surface area contributed by atoms with Crippen LogP contribution in [0.15, 0.2) is 18.2 Å². The third kappa shape index (κ3) is 2.32. The van der Waals surface area contributed by atoms with E-state index in [4.69, 9.17) is 5.73 Å². The molecule has 86 valence electrons. The molecule has 0 saturated heterocycles. The van der Waals surface area contributed by atoms with Crippen molar-refractivity contribution in [1.29, 1.82) is 0 Å². The molecule has 0 heterocycles. The van der Waals surface area contributed by atoms with Crippen LogP contribution in [0, 0.1) is 11.7 Å². The smallest absolute Gasteiger partial charge is 0.227 e. The molecule has 16 heavy (non-hydrogen) atoms. The fourth-order valence-corrected chi connectivity index (χ4v) is 2.04. The Hall–Kier alpha value is -1.58. The second kappa shape index (κ2) is 4.51. The molecular weight excluding hydrogens is 207 g/mol. The van der Waals surface area contributed by atoms with Gasteiger partial charge in [-0.2, -0.15) is 0 Å². The van der Waals surface area contributed by atoms with Gasteiger partial charge in [-0.15, -0.1) is 0 Å². The second-order valence-corrected chi connectivity index (χ2v) is 4.21. The topological polar surface area (TPSA) is 55.1 Å². The monoisotopic (exact) mass is 222 g/mol. The van der Waals surface area contributed by atoms with E-state index in [1.165, 1.54) is 12.1 Å². The van der Waals surface area contributed by atoms with Crippen molar-refractivity contribution in [2.24, 2.45) is 5.92 Å². The predicted molar refractivity (Wildman–Crippen MR) is 61.4 cm³/mol. The van der Waals surface area contributed by atoms with Crippen molar-refractivity contribution in [3.05, 3.63) is 24.0 Å². The number of hydrogen-bond donors (Lipinski definition) is 2. The summed E-state index contributed by atoms with van der Waals surface area (Å²) >= 11 is 0. The largest absolute Gasteiger partial charge is 0.396 e. The van der Waals surface area contributed by atoms with Gasteiger partial charge in [0.2, 0.25) is 5.91 Å². The molecule has 3 nitrogen and oxygen atoms in total. The highest BCUT2D eigenvalue weighted by Crippen LogP contribution is 2.26. The van der Waals surface area contributed by atoms with E-state index in [1.807, 2.05) is 0 Å². The van der Waals surface area contributed by atoms with Crippen molar-refractivity contribution < 1.29 is 9.18 Å². The van der Waals surface area contributed by atoms with Crippen molar-refractivity contribution in [2.75, 3.05) is 11.1 Å². The minimum absolute atomic E-state index is 0.0123. The van der Waals surface area contributed by atoms with E-state index in [0.717, 1.165) is 25.7 Å². The van der Waals surface area contributed by atoms with Crippen LogP contribution in [0.2, 0.25) is 0 Å². The van der Waals surface area contributed by atoms with Crippen molar-refractivity contribution >= 4 is 17.3 Å². The molecule has 1 aromatic carbocycles. The molecule has 0 unspecified atom stereocenters. The molecule has 0 aliphatic heterocycles. The number of amides is 1. The zero-order valence-corrected chi connectivity index (χ0v) is 9.00. The van der Waals surface area contributed by atoms with Gasteiger partial charge in [0.1, 0.15) is 5.82 Å². The van der Waals surface area contributed by atoms with E-state index in [2.05, 4.69) is 5.32 Å². The predicted octanol–water partition coefficient (Wildman–Crippen LogP) is 2.54. The lowest BCUT2D eigenvalue weighted by atomic mass is 10.1. The SMILES string of the molecule is Nc1ccc(NC(=O)C2CCCC2)cc1F. The summed E-state index contributed by atoms with van der Waals surface area (Å²) in [7, 11) is 0. The van der Waals surface area contributed by atoms with Crippen molar-refractivity contribution in [2.45, 2.75) is 25.7 Å². The number of carbonyl (C=O) groups is 1. The van der Waals surface area contributed by atoms with Crippen molar-refractivity contribution in [1.82, 2.24) is 0 Å². The number of anilines is 2. The second-order valence-electron chi connectivity index (χ2n) is 4.21. The lowest BCUT2D eigenvalue weighted by molar-refractivity contribution is -0.119. The Morgan fingerprint density at radius 2 is 2.06 bits per heavy atom. The van der Waals surface area contributed by atoms with Crippen LogP contribution in [0.4, 0.5) is 15.8 Å². The number of nitrogen functional groups attached to an aromatic ring is 1. The Kier molecular flexibility index (Phi) is 3.08. The molecule has 1 saturated carbocycles. The van der Waals surface area contributed by atoms with Gasteiger partial charge >= 0.3 is 0 Å². The molecule has 1 fully saturated rings. The molecule has 1 aliphatic rings. The van der Waals surface area contributed by atoms with Crippen LogP contribution < -0.4 is 11.1 Å². The van der Waals surface area contributed by atoms with Crippen LogP contribution in [0.25, 0.3) is 0 Å². The average Bonchev–Trinajstić information content (AvgIpc) is 2.77.